The van der Waals surface area contributed by atoms with Gasteiger partial charge in [-0.15, -0.1) is 0 Å². The van der Waals surface area contributed by atoms with E-state index >= 15 is 0 Å². The van der Waals surface area contributed by atoms with Crippen molar-refractivity contribution in [3.8, 4) is 0 Å². The number of hydrogen-bond donors (Lipinski definition) is 1. The third-order valence-corrected chi connectivity index (χ3v) is 3.65. The molecule has 0 bridgehead atoms. The van der Waals surface area contributed by atoms with Gasteiger partial charge in [0.25, 0.3) is 0 Å². The highest BCUT2D eigenvalue weighted by Gasteiger charge is 2.43. The second-order valence-corrected chi connectivity index (χ2v) is 4.80. The summed E-state index contributed by atoms with van der Waals surface area (Å²) in [6.45, 7) is 0.678. The van der Waals surface area contributed by atoms with Crippen molar-refractivity contribution in [2.24, 2.45) is 5.73 Å². The molecule has 1 aliphatic carbocycles. The third-order valence-electron chi connectivity index (χ3n) is 3.01. The van der Waals surface area contributed by atoms with E-state index in [9.17, 15) is 4.39 Å². The van der Waals surface area contributed by atoms with Crippen LogP contribution in [0.3, 0.4) is 0 Å². The van der Waals surface area contributed by atoms with Gasteiger partial charge in [-0.05, 0) is 64.8 Å². The third kappa shape index (κ3) is 1.71. The smallest absolute Gasteiger partial charge is 0.137 e. The van der Waals surface area contributed by atoms with Crippen LogP contribution in [0.15, 0.2) is 22.7 Å². The molecule has 0 aliphatic heterocycles. The lowest BCUT2D eigenvalue weighted by molar-refractivity contribution is 0.595. The molecule has 0 saturated heterocycles. The molecule has 1 aliphatic rings. The molecule has 1 fully saturated rings. The van der Waals surface area contributed by atoms with Crippen molar-refractivity contribution in [2.45, 2.75) is 24.7 Å². The van der Waals surface area contributed by atoms with Crippen LogP contribution in [0, 0.1) is 5.82 Å². The minimum atomic E-state index is -0.175. The van der Waals surface area contributed by atoms with Crippen molar-refractivity contribution in [3.63, 3.8) is 0 Å². The first-order valence-electron chi connectivity index (χ1n) is 4.83. The van der Waals surface area contributed by atoms with E-state index in [1.165, 1.54) is 0 Å². The van der Waals surface area contributed by atoms with Crippen LogP contribution in [-0.4, -0.2) is 6.54 Å². The molecule has 0 atom stereocenters. The molecule has 0 amide bonds. The maximum absolute atomic E-state index is 13.3. The Hall–Kier alpha value is -0.410. The fraction of sp³-hybridized carbons (Fsp3) is 0.455. The zero-order valence-corrected chi connectivity index (χ0v) is 9.48. The van der Waals surface area contributed by atoms with Crippen LogP contribution < -0.4 is 5.73 Å². The molecule has 1 nitrogen and oxygen atoms in total. The van der Waals surface area contributed by atoms with E-state index in [4.69, 9.17) is 5.73 Å². The molecule has 1 aromatic rings. The molecule has 0 spiro atoms. The minimum absolute atomic E-state index is 0.175. The highest BCUT2D eigenvalue weighted by atomic mass is 79.9. The van der Waals surface area contributed by atoms with Crippen LogP contribution in [0.1, 0.15) is 24.8 Å². The molecule has 14 heavy (non-hydrogen) atoms. The van der Waals surface area contributed by atoms with E-state index in [0.717, 1.165) is 24.8 Å². The van der Waals surface area contributed by atoms with Gasteiger partial charge in [-0.3, -0.25) is 0 Å². The van der Waals surface area contributed by atoms with Gasteiger partial charge in [0.05, 0.1) is 4.47 Å². The Morgan fingerprint density at radius 3 is 2.64 bits per heavy atom. The van der Waals surface area contributed by atoms with Gasteiger partial charge in [0.2, 0.25) is 0 Å². The molecule has 1 saturated carbocycles. The van der Waals surface area contributed by atoms with Gasteiger partial charge < -0.3 is 5.73 Å². The second-order valence-electron chi connectivity index (χ2n) is 3.95. The average Bonchev–Trinajstić information content (AvgIpc) is 2.91. The first-order valence-corrected chi connectivity index (χ1v) is 5.63. The topological polar surface area (TPSA) is 26.0 Å². The quantitative estimate of drug-likeness (QED) is 0.886. The maximum Gasteiger partial charge on any atom is 0.137 e. The number of benzene rings is 1. The Kier molecular flexibility index (Phi) is 2.62. The summed E-state index contributed by atoms with van der Waals surface area (Å²) >= 11 is 3.16. The van der Waals surface area contributed by atoms with Crippen molar-refractivity contribution >= 4 is 15.9 Å². The first kappa shape index (κ1) is 10.1. The molecule has 1 aromatic carbocycles. The lowest BCUT2D eigenvalue weighted by Crippen LogP contribution is -2.13. The Labute approximate surface area is 91.6 Å². The summed E-state index contributed by atoms with van der Waals surface area (Å²) in [4.78, 5) is 0. The van der Waals surface area contributed by atoms with Gasteiger partial charge in [0.1, 0.15) is 5.82 Å². The van der Waals surface area contributed by atoms with Crippen LogP contribution in [0.4, 0.5) is 4.39 Å². The zero-order valence-electron chi connectivity index (χ0n) is 7.89. The SMILES string of the molecule is NCCC1(c2ccc(Br)c(F)c2)CC1. The number of halogens is 2. The molecule has 0 aromatic heterocycles. The van der Waals surface area contributed by atoms with Crippen LogP contribution in [0.5, 0.6) is 0 Å². The zero-order chi connectivity index (χ0) is 10.2. The van der Waals surface area contributed by atoms with E-state index in [-0.39, 0.29) is 11.2 Å². The van der Waals surface area contributed by atoms with Crippen LogP contribution in [0.25, 0.3) is 0 Å². The van der Waals surface area contributed by atoms with E-state index in [1.807, 2.05) is 6.07 Å². The molecular formula is C11H13BrFN. The molecule has 0 radical (unpaired) electrons. The van der Waals surface area contributed by atoms with Gasteiger partial charge >= 0.3 is 0 Å². The van der Waals surface area contributed by atoms with Gasteiger partial charge in [-0.1, -0.05) is 6.07 Å². The van der Waals surface area contributed by atoms with Crippen LogP contribution in [0.2, 0.25) is 0 Å². The second kappa shape index (κ2) is 3.63. The monoisotopic (exact) mass is 257 g/mol. The van der Waals surface area contributed by atoms with Crippen molar-refractivity contribution in [1.29, 1.82) is 0 Å². The molecule has 0 heterocycles. The average molecular weight is 258 g/mol. The van der Waals surface area contributed by atoms with E-state index < -0.39 is 0 Å². The molecule has 76 valence electrons. The van der Waals surface area contributed by atoms with Crippen molar-refractivity contribution < 1.29 is 4.39 Å². The van der Waals surface area contributed by atoms with Gasteiger partial charge in [0.15, 0.2) is 0 Å². The first-order chi connectivity index (χ1) is 6.68. The Bertz CT molecular complexity index is 347. The van der Waals surface area contributed by atoms with E-state index in [2.05, 4.69) is 15.9 Å². The lowest BCUT2D eigenvalue weighted by atomic mass is 9.92. The largest absolute Gasteiger partial charge is 0.330 e. The van der Waals surface area contributed by atoms with Crippen molar-refractivity contribution in [3.05, 3.63) is 34.1 Å². The molecular weight excluding hydrogens is 245 g/mol. The predicted molar refractivity (Wildman–Crippen MR) is 58.7 cm³/mol. The maximum atomic E-state index is 13.3. The fourth-order valence-electron chi connectivity index (χ4n) is 1.94. The number of hydrogen-bond acceptors (Lipinski definition) is 1. The van der Waals surface area contributed by atoms with Gasteiger partial charge in [-0.25, -0.2) is 4.39 Å². The summed E-state index contributed by atoms with van der Waals surface area (Å²) in [5, 5.41) is 0. The molecule has 0 unspecified atom stereocenters. The summed E-state index contributed by atoms with van der Waals surface area (Å²) in [6.07, 6.45) is 3.25. The molecule has 2 rings (SSSR count). The summed E-state index contributed by atoms with van der Waals surface area (Å²) < 4.78 is 13.8. The Balaban J connectivity index is 2.28. The lowest BCUT2D eigenvalue weighted by Gasteiger charge is -2.14. The summed E-state index contributed by atoms with van der Waals surface area (Å²) in [5.74, 6) is -0.175. The van der Waals surface area contributed by atoms with Crippen molar-refractivity contribution in [1.82, 2.24) is 0 Å². The molecule has 2 N–H and O–H groups in total. The number of nitrogens with two attached hydrogens (primary N) is 1. The van der Waals surface area contributed by atoms with Crippen LogP contribution in [-0.2, 0) is 5.41 Å². The van der Waals surface area contributed by atoms with Crippen LogP contribution >= 0.6 is 15.9 Å². The Morgan fingerprint density at radius 2 is 2.14 bits per heavy atom. The normalized spacial score (nSPS) is 18.2. The summed E-state index contributed by atoms with van der Waals surface area (Å²) in [7, 11) is 0. The minimum Gasteiger partial charge on any atom is -0.330 e. The van der Waals surface area contributed by atoms with Gasteiger partial charge in [0, 0.05) is 0 Å². The summed E-state index contributed by atoms with van der Waals surface area (Å²) in [6, 6.07) is 5.41. The Morgan fingerprint density at radius 1 is 1.43 bits per heavy atom. The standard InChI is InChI=1S/C11H13BrFN/c12-9-2-1-8(7-10(9)13)11(3-4-11)5-6-14/h1-2,7H,3-6,14H2. The fourth-order valence-corrected chi connectivity index (χ4v) is 2.18. The van der Waals surface area contributed by atoms with Crippen molar-refractivity contribution in [2.75, 3.05) is 6.54 Å². The highest BCUT2D eigenvalue weighted by molar-refractivity contribution is 9.10. The molecule has 3 heteroatoms. The van der Waals surface area contributed by atoms with E-state index in [1.54, 1.807) is 12.1 Å². The highest BCUT2D eigenvalue weighted by Crippen LogP contribution is 2.51. The predicted octanol–water partition coefficient (Wildman–Crippen LogP) is 2.97. The summed E-state index contributed by atoms with van der Waals surface area (Å²) in [5.41, 5.74) is 6.85. The van der Waals surface area contributed by atoms with E-state index in [0.29, 0.717) is 11.0 Å². The number of rotatable bonds is 3. The van der Waals surface area contributed by atoms with Gasteiger partial charge in [-0.2, -0.15) is 0 Å².